The summed E-state index contributed by atoms with van der Waals surface area (Å²) in [5, 5.41) is 7.05. The van der Waals surface area contributed by atoms with Crippen molar-refractivity contribution >= 4 is 0 Å². The lowest BCUT2D eigenvalue weighted by Crippen LogP contribution is -2.21. The van der Waals surface area contributed by atoms with Gasteiger partial charge in [0.25, 0.3) is 0 Å². The lowest BCUT2D eigenvalue weighted by molar-refractivity contribution is 0.356. The monoisotopic (exact) mass is 259 g/mol. The van der Waals surface area contributed by atoms with Crippen LogP contribution in [0.3, 0.4) is 0 Å². The second kappa shape index (κ2) is 5.40. The minimum absolute atomic E-state index is 0.300. The zero-order chi connectivity index (χ0) is 13.1. The number of hydrogen-bond donors (Lipinski definition) is 1. The molecule has 100 valence electrons. The van der Waals surface area contributed by atoms with Crippen LogP contribution >= 0.6 is 0 Å². The van der Waals surface area contributed by atoms with Crippen molar-refractivity contribution in [2.24, 2.45) is 0 Å². The SMILES string of the molecule is CC(NCCc1ncno1)c1ccc2c(c1)CCO2. The van der Waals surface area contributed by atoms with Crippen LogP contribution in [0.25, 0.3) is 0 Å². The van der Waals surface area contributed by atoms with Gasteiger partial charge in [-0.2, -0.15) is 4.98 Å². The maximum atomic E-state index is 5.52. The van der Waals surface area contributed by atoms with Gasteiger partial charge >= 0.3 is 0 Å². The van der Waals surface area contributed by atoms with E-state index in [4.69, 9.17) is 9.26 Å². The van der Waals surface area contributed by atoms with E-state index >= 15 is 0 Å². The quantitative estimate of drug-likeness (QED) is 0.888. The molecule has 3 rings (SSSR count). The van der Waals surface area contributed by atoms with Crippen LogP contribution in [0.15, 0.2) is 29.0 Å². The third kappa shape index (κ3) is 2.76. The van der Waals surface area contributed by atoms with Crippen molar-refractivity contribution < 1.29 is 9.26 Å². The van der Waals surface area contributed by atoms with Crippen molar-refractivity contribution in [3.8, 4) is 5.75 Å². The molecule has 2 heterocycles. The summed E-state index contributed by atoms with van der Waals surface area (Å²) in [4.78, 5) is 4.00. The molecule has 1 aromatic carbocycles. The fourth-order valence-electron chi connectivity index (χ4n) is 2.30. The third-order valence-corrected chi connectivity index (χ3v) is 3.41. The van der Waals surface area contributed by atoms with Gasteiger partial charge in [0.1, 0.15) is 5.75 Å². The Hall–Kier alpha value is -1.88. The number of nitrogens with zero attached hydrogens (tertiary/aromatic N) is 2. The Bertz CT molecular complexity index is 540. The first kappa shape index (κ1) is 12.2. The van der Waals surface area contributed by atoms with E-state index in [9.17, 15) is 0 Å². The summed E-state index contributed by atoms with van der Waals surface area (Å²) in [6.45, 7) is 3.78. The number of rotatable bonds is 5. The Labute approximate surface area is 112 Å². The lowest BCUT2D eigenvalue weighted by Gasteiger charge is -2.14. The van der Waals surface area contributed by atoms with Crippen LogP contribution in [0, 0.1) is 0 Å². The van der Waals surface area contributed by atoms with E-state index in [0.29, 0.717) is 11.9 Å². The molecule has 5 heteroatoms. The highest BCUT2D eigenvalue weighted by Crippen LogP contribution is 2.27. The Morgan fingerprint density at radius 2 is 2.37 bits per heavy atom. The molecule has 0 fully saturated rings. The van der Waals surface area contributed by atoms with E-state index < -0.39 is 0 Å². The van der Waals surface area contributed by atoms with Gasteiger partial charge in [0.05, 0.1) is 6.61 Å². The molecule has 0 spiro atoms. The van der Waals surface area contributed by atoms with Crippen LogP contribution in [-0.2, 0) is 12.8 Å². The molecule has 0 radical (unpaired) electrons. The average molecular weight is 259 g/mol. The average Bonchev–Trinajstić information content (AvgIpc) is 3.08. The summed E-state index contributed by atoms with van der Waals surface area (Å²) in [6, 6.07) is 6.71. The van der Waals surface area contributed by atoms with Gasteiger partial charge in [-0.1, -0.05) is 17.3 Å². The third-order valence-electron chi connectivity index (χ3n) is 3.41. The number of hydrogen-bond acceptors (Lipinski definition) is 5. The normalized spacial score (nSPS) is 15.0. The van der Waals surface area contributed by atoms with Crippen molar-refractivity contribution in [1.82, 2.24) is 15.5 Å². The topological polar surface area (TPSA) is 60.2 Å². The maximum absolute atomic E-state index is 5.52. The van der Waals surface area contributed by atoms with Gasteiger partial charge in [-0.15, -0.1) is 0 Å². The molecule has 1 unspecified atom stereocenters. The molecule has 1 atom stereocenters. The Morgan fingerprint density at radius 1 is 1.42 bits per heavy atom. The van der Waals surface area contributed by atoms with Crippen molar-refractivity contribution in [1.29, 1.82) is 0 Å². The molecule has 0 bridgehead atoms. The molecular weight excluding hydrogens is 242 g/mol. The van der Waals surface area contributed by atoms with Crippen molar-refractivity contribution in [3.05, 3.63) is 41.5 Å². The minimum Gasteiger partial charge on any atom is -0.493 e. The van der Waals surface area contributed by atoms with Gasteiger partial charge in [0.2, 0.25) is 5.89 Å². The summed E-state index contributed by atoms with van der Waals surface area (Å²) < 4.78 is 10.5. The van der Waals surface area contributed by atoms with Crippen LogP contribution in [-0.4, -0.2) is 23.3 Å². The number of ether oxygens (including phenoxy) is 1. The smallest absolute Gasteiger partial charge is 0.227 e. The van der Waals surface area contributed by atoms with Crippen LogP contribution in [0.5, 0.6) is 5.75 Å². The van der Waals surface area contributed by atoms with Gasteiger partial charge < -0.3 is 14.6 Å². The van der Waals surface area contributed by atoms with Gasteiger partial charge in [0.15, 0.2) is 6.33 Å². The summed E-state index contributed by atoms with van der Waals surface area (Å²) in [5.41, 5.74) is 2.60. The fourth-order valence-corrected chi connectivity index (χ4v) is 2.30. The Kier molecular flexibility index (Phi) is 3.46. The molecule has 19 heavy (non-hydrogen) atoms. The predicted molar refractivity (Wildman–Crippen MR) is 70.1 cm³/mol. The van der Waals surface area contributed by atoms with E-state index in [0.717, 1.165) is 31.7 Å². The molecule has 0 aliphatic carbocycles. The molecular formula is C14H17N3O2. The summed E-state index contributed by atoms with van der Waals surface area (Å²) in [6.07, 6.45) is 3.19. The van der Waals surface area contributed by atoms with Crippen molar-refractivity contribution in [3.63, 3.8) is 0 Å². The Morgan fingerprint density at radius 3 is 3.21 bits per heavy atom. The van der Waals surface area contributed by atoms with E-state index in [1.807, 2.05) is 0 Å². The highest BCUT2D eigenvalue weighted by atomic mass is 16.5. The van der Waals surface area contributed by atoms with Crippen LogP contribution in [0.4, 0.5) is 0 Å². The minimum atomic E-state index is 0.300. The zero-order valence-corrected chi connectivity index (χ0v) is 10.9. The summed E-state index contributed by atoms with van der Waals surface area (Å²) in [5.74, 6) is 1.70. The molecule has 1 aliphatic rings. The van der Waals surface area contributed by atoms with E-state index in [1.165, 1.54) is 17.5 Å². The first-order chi connectivity index (χ1) is 9.33. The molecule has 0 saturated heterocycles. The van der Waals surface area contributed by atoms with Gasteiger partial charge in [-0.05, 0) is 24.1 Å². The zero-order valence-electron chi connectivity index (χ0n) is 10.9. The lowest BCUT2D eigenvalue weighted by atomic mass is 10.0. The Balaban J connectivity index is 1.56. The number of benzene rings is 1. The standard InChI is InChI=1S/C14H17N3O2/c1-10(15-6-4-14-16-9-17-19-14)11-2-3-13-12(8-11)5-7-18-13/h2-3,8-10,15H,4-7H2,1H3. The van der Waals surface area contributed by atoms with Gasteiger partial charge in [0, 0.05) is 25.4 Å². The second-order valence-electron chi connectivity index (χ2n) is 4.73. The van der Waals surface area contributed by atoms with Crippen LogP contribution in [0.1, 0.15) is 30.0 Å². The molecule has 0 saturated carbocycles. The highest BCUT2D eigenvalue weighted by Gasteiger charge is 2.14. The summed E-state index contributed by atoms with van der Waals surface area (Å²) >= 11 is 0. The molecule has 2 aromatic rings. The van der Waals surface area contributed by atoms with Crippen LogP contribution < -0.4 is 10.1 Å². The number of aromatic nitrogens is 2. The summed E-state index contributed by atoms with van der Waals surface area (Å²) in [7, 11) is 0. The van der Waals surface area contributed by atoms with E-state index in [-0.39, 0.29) is 0 Å². The molecule has 1 aliphatic heterocycles. The first-order valence-electron chi connectivity index (χ1n) is 6.57. The predicted octanol–water partition coefficient (Wildman–Crippen LogP) is 1.90. The maximum Gasteiger partial charge on any atom is 0.227 e. The van der Waals surface area contributed by atoms with E-state index in [2.05, 4.69) is 40.6 Å². The highest BCUT2D eigenvalue weighted by molar-refractivity contribution is 5.40. The van der Waals surface area contributed by atoms with Crippen molar-refractivity contribution in [2.75, 3.05) is 13.2 Å². The van der Waals surface area contributed by atoms with Gasteiger partial charge in [-0.3, -0.25) is 0 Å². The number of fused-ring (bicyclic) bond motifs is 1. The molecule has 1 aromatic heterocycles. The number of nitrogens with one attached hydrogen (secondary N) is 1. The molecule has 5 nitrogen and oxygen atoms in total. The molecule has 1 N–H and O–H groups in total. The van der Waals surface area contributed by atoms with Crippen molar-refractivity contribution in [2.45, 2.75) is 25.8 Å². The fraction of sp³-hybridized carbons (Fsp3) is 0.429. The van der Waals surface area contributed by atoms with Crippen LogP contribution in [0.2, 0.25) is 0 Å². The molecule has 0 amide bonds. The van der Waals surface area contributed by atoms with E-state index in [1.54, 1.807) is 0 Å². The van der Waals surface area contributed by atoms with Gasteiger partial charge in [-0.25, -0.2) is 0 Å². The second-order valence-corrected chi connectivity index (χ2v) is 4.73. The first-order valence-corrected chi connectivity index (χ1v) is 6.57. The largest absolute Gasteiger partial charge is 0.493 e.